The predicted molar refractivity (Wildman–Crippen MR) is 157 cm³/mol. The normalized spacial score (nSPS) is 17.9. The van der Waals surface area contributed by atoms with Crippen LogP contribution in [0.1, 0.15) is 22.7 Å². The van der Waals surface area contributed by atoms with Crippen LogP contribution in [0.4, 0.5) is 22.7 Å². The van der Waals surface area contributed by atoms with E-state index in [2.05, 4.69) is 5.32 Å². The van der Waals surface area contributed by atoms with Gasteiger partial charge in [-0.15, -0.1) is 0 Å². The molecule has 1 unspecified atom stereocenters. The number of ketones is 1. The fraction of sp³-hybridized carbons (Fsp3) is 0.152. The van der Waals surface area contributed by atoms with Crippen LogP contribution in [0.2, 0.25) is 0 Å². The molecule has 7 nitrogen and oxygen atoms in total. The molecule has 0 aliphatic carbocycles. The lowest BCUT2D eigenvalue weighted by Crippen LogP contribution is -2.29. The molecular weight excluding hydrogens is 502 g/mol. The van der Waals surface area contributed by atoms with Gasteiger partial charge in [0.25, 0.3) is 11.7 Å². The van der Waals surface area contributed by atoms with Crippen molar-refractivity contribution in [2.24, 2.45) is 0 Å². The monoisotopic (exact) mass is 531 g/mol. The molecule has 2 aliphatic rings. The van der Waals surface area contributed by atoms with E-state index in [0.29, 0.717) is 30.2 Å². The summed E-state index contributed by atoms with van der Waals surface area (Å²) in [4.78, 5) is 30.7. The number of aliphatic hydroxyl groups excluding tert-OH is 1. The molecule has 2 aliphatic heterocycles. The summed E-state index contributed by atoms with van der Waals surface area (Å²) in [5.74, 6) is -0.908. The Balaban J connectivity index is 1.44. The van der Waals surface area contributed by atoms with Crippen LogP contribution in [-0.4, -0.2) is 37.0 Å². The number of Topliss-reactive ketones (excluding diaryl/α,β-unsaturated/α-hetero) is 1. The first-order chi connectivity index (χ1) is 19.4. The number of fused-ring (bicyclic) bond motifs is 1. The standard InChI is InChI=1S/C33H29N3O4/c1-21-7-6-8-22(19-21)30-29(31(37)23-11-16-28-27(20-23)35(2)17-18-40-28)32(38)33(39)36(30)26-14-12-25(13-15-26)34-24-9-4-3-5-10-24/h3-16,19-20,30,34,37H,17-18H2,1-2H3/b31-29-. The number of nitrogens with zero attached hydrogens (tertiary/aromatic N) is 2. The number of hydrogen-bond donors (Lipinski definition) is 2. The molecule has 1 saturated heterocycles. The van der Waals surface area contributed by atoms with Crippen LogP contribution in [0, 0.1) is 6.92 Å². The number of amides is 1. The van der Waals surface area contributed by atoms with Gasteiger partial charge >= 0.3 is 0 Å². The molecule has 1 atom stereocenters. The first kappa shape index (κ1) is 25.2. The average molecular weight is 532 g/mol. The third-order valence-electron chi connectivity index (χ3n) is 7.34. The van der Waals surface area contributed by atoms with Crippen molar-refractivity contribution in [3.05, 3.63) is 119 Å². The number of anilines is 4. The molecule has 7 heteroatoms. The summed E-state index contributed by atoms with van der Waals surface area (Å²) >= 11 is 0. The average Bonchev–Trinajstić information content (AvgIpc) is 3.24. The number of aliphatic hydroxyl groups is 1. The van der Waals surface area contributed by atoms with Crippen LogP contribution in [-0.2, 0) is 9.59 Å². The molecule has 0 aromatic heterocycles. The summed E-state index contributed by atoms with van der Waals surface area (Å²) in [7, 11) is 1.95. The van der Waals surface area contributed by atoms with Gasteiger partial charge in [0, 0.05) is 29.7 Å². The van der Waals surface area contributed by atoms with E-state index in [-0.39, 0.29) is 11.3 Å². The lowest BCUT2D eigenvalue weighted by molar-refractivity contribution is -0.132. The van der Waals surface area contributed by atoms with Crippen LogP contribution in [0.15, 0.2) is 103 Å². The van der Waals surface area contributed by atoms with Crippen molar-refractivity contribution >= 4 is 40.2 Å². The van der Waals surface area contributed by atoms with Gasteiger partial charge in [-0.3, -0.25) is 14.5 Å². The van der Waals surface area contributed by atoms with E-state index in [0.717, 1.165) is 28.2 Å². The predicted octanol–water partition coefficient (Wildman–Crippen LogP) is 6.19. The molecule has 6 rings (SSSR count). The largest absolute Gasteiger partial charge is 0.507 e. The minimum Gasteiger partial charge on any atom is -0.507 e. The van der Waals surface area contributed by atoms with Crippen molar-refractivity contribution in [1.82, 2.24) is 0 Å². The van der Waals surface area contributed by atoms with Gasteiger partial charge in [-0.2, -0.15) is 0 Å². The van der Waals surface area contributed by atoms with Crippen molar-refractivity contribution in [2.45, 2.75) is 13.0 Å². The van der Waals surface area contributed by atoms with E-state index in [1.54, 1.807) is 18.2 Å². The van der Waals surface area contributed by atoms with Crippen LogP contribution < -0.4 is 19.9 Å². The van der Waals surface area contributed by atoms with E-state index in [9.17, 15) is 14.7 Å². The summed E-state index contributed by atoms with van der Waals surface area (Å²) in [6, 6.07) is 29.3. The molecule has 4 aromatic carbocycles. The van der Waals surface area contributed by atoms with E-state index >= 15 is 0 Å². The van der Waals surface area contributed by atoms with Gasteiger partial charge in [0.2, 0.25) is 0 Å². The topological polar surface area (TPSA) is 82.1 Å². The molecule has 40 heavy (non-hydrogen) atoms. The Hall–Kier alpha value is -5.04. The van der Waals surface area contributed by atoms with Gasteiger partial charge in [-0.1, -0.05) is 48.0 Å². The molecular formula is C33H29N3O4. The fourth-order valence-electron chi connectivity index (χ4n) is 5.30. The van der Waals surface area contributed by atoms with Gasteiger partial charge < -0.3 is 20.1 Å². The Labute approximate surface area is 232 Å². The molecule has 2 heterocycles. The maximum atomic E-state index is 13.6. The lowest BCUT2D eigenvalue weighted by atomic mass is 9.94. The number of carbonyl (C=O) groups is 2. The van der Waals surface area contributed by atoms with Crippen molar-refractivity contribution < 1.29 is 19.4 Å². The number of carbonyl (C=O) groups excluding carboxylic acids is 2. The highest BCUT2D eigenvalue weighted by molar-refractivity contribution is 6.51. The Bertz CT molecular complexity index is 1630. The molecule has 0 saturated carbocycles. The Morgan fingerprint density at radius 2 is 1.65 bits per heavy atom. The number of para-hydroxylation sites is 1. The second kappa shape index (κ2) is 10.3. The van der Waals surface area contributed by atoms with Gasteiger partial charge in [0.1, 0.15) is 18.1 Å². The highest BCUT2D eigenvalue weighted by atomic mass is 16.5. The second-order valence-corrected chi connectivity index (χ2v) is 10.1. The molecule has 0 spiro atoms. The van der Waals surface area contributed by atoms with Crippen molar-refractivity contribution in [3.8, 4) is 5.75 Å². The van der Waals surface area contributed by atoms with Gasteiger partial charge in [-0.25, -0.2) is 0 Å². The molecule has 4 aromatic rings. The minimum absolute atomic E-state index is 0.0569. The molecule has 2 N–H and O–H groups in total. The maximum Gasteiger partial charge on any atom is 0.300 e. The van der Waals surface area contributed by atoms with Crippen LogP contribution >= 0.6 is 0 Å². The first-order valence-corrected chi connectivity index (χ1v) is 13.2. The number of hydrogen-bond acceptors (Lipinski definition) is 6. The SMILES string of the molecule is Cc1cccc(C2/C(=C(/O)c3ccc4c(c3)N(C)CCO4)C(=O)C(=O)N2c2ccc(Nc3ccccc3)cc2)c1. The fourth-order valence-corrected chi connectivity index (χ4v) is 5.30. The number of nitrogens with one attached hydrogen (secondary N) is 1. The third kappa shape index (κ3) is 4.56. The van der Waals surface area contributed by atoms with Crippen molar-refractivity contribution in [2.75, 3.05) is 35.3 Å². The molecule has 0 radical (unpaired) electrons. The maximum absolute atomic E-state index is 13.6. The zero-order valence-corrected chi connectivity index (χ0v) is 22.3. The molecule has 1 amide bonds. The van der Waals surface area contributed by atoms with Crippen molar-refractivity contribution in [1.29, 1.82) is 0 Å². The van der Waals surface area contributed by atoms with Crippen LogP contribution in [0.25, 0.3) is 5.76 Å². The summed E-state index contributed by atoms with van der Waals surface area (Å²) in [5.41, 5.74) is 5.40. The second-order valence-electron chi connectivity index (χ2n) is 10.1. The first-order valence-electron chi connectivity index (χ1n) is 13.2. The molecule has 0 bridgehead atoms. The third-order valence-corrected chi connectivity index (χ3v) is 7.34. The van der Waals surface area contributed by atoms with Crippen LogP contribution in [0.5, 0.6) is 5.75 Å². The Morgan fingerprint density at radius 1 is 0.900 bits per heavy atom. The number of aryl methyl sites for hydroxylation is 1. The number of likely N-dealkylation sites (N-methyl/N-ethyl adjacent to an activating group) is 1. The minimum atomic E-state index is -0.794. The summed E-state index contributed by atoms with van der Waals surface area (Å²) < 4.78 is 5.74. The Morgan fingerprint density at radius 3 is 2.40 bits per heavy atom. The number of benzene rings is 4. The quantitative estimate of drug-likeness (QED) is 0.181. The highest BCUT2D eigenvalue weighted by Crippen LogP contribution is 2.43. The smallest absolute Gasteiger partial charge is 0.300 e. The summed E-state index contributed by atoms with van der Waals surface area (Å²) in [5, 5.41) is 14.9. The van der Waals surface area contributed by atoms with E-state index in [1.165, 1.54) is 4.90 Å². The van der Waals surface area contributed by atoms with Crippen LogP contribution in [0.3, 0.4) is 0 Å². The summed E-state index contributed by atoms with van der Waals surface area (Å²) in [6.07, 6.45) is 0. The van der Waals surface area contributed by atoms with Crippen molar-refractivity contribution in [3.63, 3.8) is 0 Å². The summed E-state index contributed by atoms with van der Waals surface area (Å²) in [6.45, 7) is 3.24. The number of rotatable bonds is 5. The number of ether oxygens (including phenoxy) is 1. The zero-order chi connectivity index (χ0) is 27.8. The van der Waals surface area contributed by atoms with E-state index in [4.69, 9.17) is 4.74 Å². The lowest BCUT2D eigenvalue weighted by Gasteiger charge is -2.28. The van der Waals surface area contributed by atoms with Gasteiger partial charge in [-0.05, 0) is 67.1 Å². The van der Waals surface area contributed by atoms with Gasteiger partial charge in [0.05, 0.1) is 23.8 Å². The van der Waals surface area contributed by atoms with E-state index < -0.39 is 17.7 Å². The highest BCUT2D eigenvalue weighted by Gasteiger charge is 2.47. The Kier molecular flexibility index (Phi) is 6.48. The van der Waals surface area contributed by atoms with Gasteiger partial charge in [0.15, 0.2) is 0 Å². The molecule has 1 fully saturated rings. The zero-order valence-electron chi connectivity index (χ0n) is 22.3. The van der Waals surface area contributed by atoms with E-state index in [1.807, 2.05) is 97.7 Å². The molecule has 200 valence electrons.